The molecule has 0 aliphatic heterocycles. The van der Waals surface area contributed by atoms with E-state index >= 15 is 0 Å². The van der Waals surface area contributed by atoms with Crippen molar-refractivity contribution in [1.82, 2.24) is 0 Å². The number of allylic oxidation sites excluding steroid dienone is 1. The van der Waals surface area contributed by atoms with Crippen LogP contribution in [-0.4, -0.2) is 23.3 Å². The predicted octanol–water partition coefficient (Wildman–Crippen LogP) is 6.93. The van der Waals surface area contributed by atoms with Crippen LogP contribution in [-0.2, 0) is 9.53 Å². The van der Waals surface area contributed by atoms with Gasteiger partial charge in [-0.15, -0.1) is 0 Å². The molecular formula is C30H48O3. The minimum Gasteiger partial charge on any atom is -0.461 e. The molecule has 0 heterocycles. The maximum absolute atomic E-state index is 11.7. The number of rotatable bonds is 2. The third-order valence-corrected chi connectivity index (χ3v) is 13.2. The van der Waals surface area contributed by atoms with Crippen molar-refractivity contribution in [3.05, 3.63) is 11.6 Å². The van der Waals surface area contributed by atoms with E-state index in [9.17, 15) is 9.90 Å². The predicted molar refractivity (Wildman–Crippen MR) is 132 cm³/mol. The zero-order chi connectivity index (χ0) is 24.0. The van der Waals surface area contributed by atoms with Crippen LogP contribution in [0, 0.1) is 51.2 Å². The Labute approximate surface area is 202 Å². The first-order valence-electron chi connectivity index (χ1n) is 13.9. The van der Waals surface area contributed by atoms with Gasteiger partial charge in [0.15, 0.2) is 0 Å². The van der Waals surface area contributed by atoms with Crippen LogP contribution in [0.4, 0.5) is 0 Å². The number of carbonyl (C=O) groups excluding carboxylic acids is 1. The summed E-state index contributed by atoms with van der Waals surface area (Å²) < 4.78 is 6.05. The van der Waals surface area contributed by atoms with Crippen molar-refractivity contribution in [2.24, 2.45) is 51.2 Å². The van der Waals surface area contributed by atoms with E-state index in [-0.39, 0.29) is 33.4 Å². The molecule has 0 saturated heterocycles. The van der Waals surface area contributed by atoms with E-state index in [2.05, 4.69) is 54.5 Å². The Bertz CT molecular complexity index is 845. The summed E-state index contributed by atoms with van der Waals surface area (Å²) in [6.07, 6.45) is 12.5. The van der Waals surface area contributed by atoms with Crippen molar-refractivity contribution >= 4 is 6.47 Å². The Kier molecular flexibility index (Phi) is 5.31. The van der Waals surface area contributed by atoms with Crippen molar-refractivity contribution in [1.29, 1.82) is 0 Å². The van der Waals surface area contributed by atoms with Crippen LogP contribution in [0.2, 0.25) is 0 Å². The largest absolute Gasteiger partial charge is 0.461 e. The third-order valence-electron chi connectivity index (χ3n) is 13.2. The molecule has 5 rings (SSSR count). The Hall–Kier alpha value is -0.830. The van der Waals surface area contributed by atoms with Crippen LogP contribution >= 0.6 is 0 Å². The van der Waals surface area contributed by atoms with Crippen LogP contribution in [0.15, 0.2) is 11.6 Å². The van der Waals surface area contributed by atoms with Crippen LogP contribution in [0.5, 0.6) is 0 Å². The molecule has 1 unspecified atom stereocenters. The monoisotopic (exact) mass is 456 g/mol. The van der Waals surface area contributed by atoms with Crippen molar-refractivity contribution in [3.8, 4) is 0 Å². The highest BCUT2D eigenvalue weighted by molar-refractivity contribution is 5.42. The molecule has 4 saturated carbocycles. The molecule has 4 fully saturated rings. The van der Waals surface area contributed by atoms with Crippen LogP contribution < -0.4 is 0 Å². The van der Waals surface area contributed by atoms with Crippen LogP contribution in [0.3, 0.4) is 0 Å². The summed E-state index contributed by atoms with van der Waals surface area (Å²) >= 11 is 0. The number of hydrogen-bond acceptors (Lipinski definition) is 3. The second-order valence-electron chi connectivity index (χ2n) is 14.3. The number of carbonyl (C=O) groups is 1. The first-order valence-corrected chi connectivity index (χ1v) is 13.9. The topological polar surface area (TPSA) is 46.5 Å². The molecule has 3 heteroatoms. The molecule has 33 heavy (non-hydrogen) atoms. The van der Waals surface area contributed by atoms with Crippen LogP contribution in [0.1, 0.15) is 106 Å². The highest BCUT2D eigenvalue weighted by atomic mass is 16.5. The fourth-order valence-electron chi connectivity index (χ4n) is 10.7. The van der Waals surface area contributed by atoms with E-state index in [4.69, 9.17) is 4.74 Å². The van der Waals surface area contributed by atoms with Gasteiger partial charge in [-0.2, -0.15) is 0 Å². The highest BCUT2D eigenvalue weighted by Gasteiger charge is 2.69. The average molecular weight is 457 g/mol. The minimum atomic E-state index is -0.291. The normalized spacial score (nSPS) is 55.2. The molecule has 0 aromatic carbocycles. The molecule has 5 aliphatic carbocycles. The number of aliphatic hydroxyl groups excluding tert-OH is 1. The number of fused-ring (bicyclic) bond motifs is 7. The highest BCUT2D eigenvalue weighted by Crippen LogP contribution is 2.75. The Morgan fingerprint density at radius 2 is 1.67 bits per heavy atom. The zero-order valence-corrected chi connectivity index (χ0v) is 22.2. The van der Waals surface area contributed by atoms with Crippen molar-refractivity contribution in [2.75, 3.05) is 0 Å². The Morgan fingerprint density at radius 3 is 2.36 bits per heavy atom. The molecule has 1 N–H and O–H groups in total. The van der Waals surface area contributed by atoms with Gasteiger partial charge in [-0.3, -0.25) is 4.79 Å². The molecule has 0 bridgehead atoms. The summed E-state index contributed by atoms with van der Waals surface area (Å²) in [7, 11) is 0. The second kappa shape index (κ2) is 7.34. The molecule has 0 aromatic heterocycles. The van der Waals surface area contributed by atoms with Crippen molar-refractivity contribution in [3.63, 3.8) is 0 Å². The van der Waals surface area contributed by atoms with E-state index in [1.54, 1.807) is 5.57 Å². The molecule has 10 atom stereocenters. The van der Waals surface area contributed by atoms with Gasteiger partial charge in [0.1, 0.15) is 5.60 Å². The molecule has 0 amide bonds. The second-order valence-corrected chi connectivity index (χ2v) is 14.3. The lowest BCUT2D eigenvalue weighted by atomic mass is 9.34. The fourth-order valence-corrected chi connectivity index (χ4v) is 10.7. The van der Waals surface area contributed by atoms with Gasteiger partial charge < -0.3 is 9.84 Å². The van der Waals surface area contributed by atoms with E-state index in [1.165, 1.54) is 12.8 Å². The van der Waals surface area contributed by atoms with Gasteiger partial charge in [-0.1, -0.05) is 60.1 Å². The summed E-state index contributed by atoms with van der Waals surface area (Å²) in [5.74, 6) is 2.81. The quantitative estimate of drug-likeness (QED) is 0.362. The van der Waals surface area contributed by atoms with E-state index in [0.717, 1.165) is 51.4 Å². The number of hydrogen-bond donors (Lipinski definition) is 1. The number of aliphatic hydroxyl groups is 1. The summed E-state index contributed by atoms with van der Waals surface area (Å²) in [6, 6.07) is 0. The van der Waals surface area contributed by atoms with E-state index in [0.29, 0.717) is 29.6 Å². The summed E-state index contributed by atoms with van der Waals surface area (Å²) in [6.45, 7) is 18.0. The maximum atomic E-state index is 11.7. The third kappa shape index (κ3) is 2.87. The van der Waals surface area contributed by atoms with Gasteiger partial charge in [0.05, 0.1) is 6.10 Å². The van der Waals surface area contributed by atoms with Gasteiger partial charge in [0.2, 0.25) is 0 Å². The lowest BCUT2D eigenvalue weighted by molar-refractivity contribution is -0.213. The van der Waals surface area contributed by atoms with Gasteiger partial charge >= 0.3 is 0 Å². The summed E-state index contributed by atoms with van der Waals surface area (Å²) in [4.78, 5) is 11.7. The number of ether oxygens (including phenoxy) is 1. The Balaban J connectivity index is 1.60. The first kappa shape index (κ1) is 23.9. The molecule has 3 nitrogen and oxygen atoms in total. The first-order chi connectivity index (χ1) is 15.4. The molecule has 0 radical (unpaired) electrons. The fraction of sp³-hybridized carbons (Fsp3) is 0.900. The van der Waals surface area contributed by atoms with Gasteiger partial charge in [-0.05, 0) is 103 Å². The van der Waals surface area contributed by atoms with Crippen LogP contribution in [0.25, 0.3) is 0 Å². The molecule has 186 valence electrons. The molecule has 0 aromatic rings. The van der Waals surface area contributed by atoms with Gasteiger partial charge in [-0.25, -0.2) is 0 Å². The van der Waals surface area contributed by atoms with Crippen molar-refractivity contribution in [2.45, 2.75) is 118 Å². The minimum absolute atomic E-state index is 0.00788. The van der Waals surface area contributed by atoms with Crippen molar-refractivity contribution < 1.29 is 14.6 Å². The maximum Gasteiger partial charge on any atom is 0.293 e. The molecule has 0 spiro atoms. The zero-order valence-electron chi connectivity index (χ0n) is 22.2. The van der Waals surface area contributed by atoms with Gasteiger partial charge in [0.25, 0.3) is 6.47 Å². The molecule has 5 aliphatic rings. The standard InChI is InChI=1S/C30H48O3/c1-19-10-15-30(33-18-31)17-16-28(6)21(25(30)20(19)2)8-9-23-27(5)13-12-24(32)26(3,4)22(27)11-14-29(23,28)7/h8,18-20,22-25,32H,9-17H2,1-7H3/t19-,20+,22+,23-,24+,25?,27+,28-,29-,30+/m1/s1. The molecular weight excluding hydrogens is 408 g/mol. The lowest BCUT2D eigenvalue weighted by Gasteiger charge is -2.71. The average Bonchev–Trinajstić information content (AvgIpc) is 2.75. The lowest BCUT2D eigenvalue weighted by Crippen LogP contribution is -2.66. The SMILES string of the molecule is C[C@@H]1CC[C@]2(OC=O)CC[C@]3(C)C(=CC[C@@H]4[C@@]5(C)CC[C@H](O)C(C)(C)[C@@H]5CC[C@]43C)C2[C@H]1C. The summed E-state index contributed by atoms with van der Waals surface area (Å²) in [5, 5.41) is 10.9. The Morgan fingerprint density at radius 1 is 0.939 bits per heavy atom. The van der Waals surface area contributed by atoms with E-state index in [1.807, 2.05) is 0 Å². The smallest absolute Gasteiger partial charge is 0.293 e. The van der Waals surface area contributed by atoms with Gasteiger partial charge in [0, 0.05) is 5.92 Å². The summed E-state index contributed by atoms with van der Waals surface area (Å²) in [5.41, 5.74) is 2.03. The van der Waals surface area contributed by atoms with E-state index < -0.39 is 0 Å².